The third kappa shape index (κ3) is 5.87. The molecule has 0 saturated heterocycles. The summed E-state index contributed by atoms with van der Waals surface area (Å²) >= 11 is 0. The molecule has 0 unspecified atom stereocenters. The fourth-order valence-electron chi connectivity index (χ4n) is 3.39. The van der Waals surface area contributed by atoms with E-state index in [2.05, 4.69) is 0 Å². The molecule has 3 rings (SSSR count). The number of benzene rings is 3. The summed E-state index contributed by atoms with van der Waals surface area (Å²) in [7, 11) is -3.99. The summed E-state index contributed by atoms with van der Waals surface area (Å²) < 4.78 is 52.6. The number of aryl methyl sites for hydroxylation is 1. The van der Waals surface area contributed by atoms with Gasteiger partial charge in [-0.1, -0.05) is 48.0 Å². The summed E-state index contributed by atoms with van der Waals surface area (Å²) in [5, 5.41) is -1.23. The number of carbonyl (C=O) groups is 1. The summed E-state index contributed by atoms with van der Waals surface area (Å²) in [6.45, 7) is 5.29. The molecule has 3 aromatic carbocycles. The number of esters is 1. The molecule has 172 valence electrons. The van der Waals surface area contributed by atoms with Crippen molar-refractivity contribution >= 4 is 15.8 Å². The highest BCUT2D eigenvalue weighted by molar-refractivity contribution is 7.92. The van der Waals surface area contributed by atoms with E-state index in [-0.39, 0.29) is 28.6 Å². The Morgan fingerprint density at radius 2 is 1.70 bits per heavy atom. The lowest BCUT2D eigenvalue weighted by atomic mass is 10.0. The minimum absolute atomic E-state index is 0.107. The summed E-state index contributed by atoms with van der Waals surface area (Å²) in [5.74, 6) is -0.894. The highest BCUT2D eigenvalue weighted by atomic mass is 32.2. The van der Waals surface area contributed by atoms with Crippen molar-refractivity contribution in [3.63, 3.8) is 0 Å². The van der Waals surface area contributed by atoms with Crippen LogP contribution in [0.15, 0.2) is 89.5 Å². The van der Waals surface area contributed by atoms with Crippen molar-refractivity contribution < 1.29 is 27.1 Å². The molecule has 3 aromatic rings. The van der Waals surface area contributed by atoms with Gasteiger partial charge in [0.15, 0.2) is 9.84 Å². The monoisotopic (exact) mass is 468 g/mol. The molecular weight excluding hydrogens is 443 g/mol. The molecule has 33 heavy (non-hydrogen) atoms. The van der Waals surface area contributed by atoms with Crippen LogP contribution in [0, 0.1) is 12.7 Å². The Bertz CT molecular complexity index is 1250. The first kappa shape index (κ1) is 24.2. The number of hydrogen-bond acceptors (Lipinski definition) is 5. The molecule has 0 heterocycles. The average molecular weight is 469 g/mol. The van der Waals surface area contributed by atoms with Crippen molar-refractivity contribution in [2.45, 2.75) is 30.9 Å². The molecule has 0 N–H and O–H groups in total. The maximum atomic E-state index is 14.4. The maximum absolute atomic E-state index is 14.4. The van der Waals surface area contributed by atoms with Crippen LogP contribution in [-0.4, -0.2) is 21.0 Å². The van der Waals surface area contributed by atoms with Gasteiger partial charge in [-0.3, -0.25) is 0 Å². The zero-order valence-electron chi connectivity index (χ0n) is 18.6. The minimum Gasteiger partial charge on any atom is -0.463 e. The Morgan fingerprint density at radius 3 is 2.33 bits per heavy atom. The molecule has 0 aliphatic rings. The standard InChI is InChI=1S/C26H25FO5S/c1-4-31-25(28)16-19(3)32-24-15-12-21(27)17-23(24)26(20-8-6-5-7-9-20)33(29,30)22-13-10-18(2)11-14-22/h5-17,26H,4H2,1-3H3/b19-16+/t26-/m0/s1. The number of ether oxygens (including phenoxy) is 2. The third-order valence-electron chi connectivity index (χ3n) is 4.90. The van der Waals surface area contributed by atoms with Gasteiger partial charge in [0, 0.05) is 5.56 Å². The SMILES string of the molecule is CCOC(=O)/C=C(\C)Oc1ccc(F)cc1[C@H](c1ccccc1)S(=O)(=O)c1ccc(C)cc1. The number of carbonyl (C=O) groups excluding carboxylic acids is 1. The van der Waals surface area contributed by atoms with E-state index >= 15 is 0 Å². The highest BCUT2D eigenvalue weighted by Crippen LogP contribution is 2.40. The number of hydrogen-bond donors (Lipinski definition) is 0. The fourth-order valence-corrected chi connectivity index (χ4v) is 5.21. The van der Waals surface area contributed by atoms with Gasteiger partial charge in [-0.15, -0.1) is 0 Å². The number of halogens is 1. The lowest BCUT2D eigenvalue weighted by Crippen LogP contribution is -2.17. The summed E-state index contributed by atoms with van der Waals surface area (Å²) in [6, 6.07) is 18.7. The molecule has 0 bridgehead atoms. The molecule has 0 spiro atoms. The van der Waals surface area contributed by atoms with Crippen LogP contribution >= 0.6 is 0 Å². The van der Waals surface area contributed by atoms with Crippen molar-refractivity contribution in [2.24, 2.45) is 0 Å². The zero-order chi connectivity index (χ0) is 24.0. The molecule has 0 saturated carbocycles. The first-order valence-corrected chi connectivity index (χ1v) is 11.9. The molecule has 7 heteroatoms. The first-order valence-electron chi connectivity index (χ1n) is 10.4. The van der Waals surface area contributed by atoms with Gasteiger partial charge in [0.25, 0.3) is 0 Å². The van der Waals surface area contributed by atoms with E-state index in [0.717, 1.165) is 17.7 Å². The lowest BCUT2D eigenvalue weighted by Gasteiger charge is -2.22. The quantitative estimate of drug-likeness (QED) is 0.247. The predicted octanol–water partition coefficient (Wildman–Crippen LogP) is 5.54. The third-order valence-corrected chi connectivity index (χ3v) is 6.97. The van der Waals surface area contributed by atoms with E-state index in [9.17, 15) is 17.6 Å². The average Bonchev–Trinajstić information content (AvgIpc) is 2.76. The molecule has 0 aliphatic heterocycles. The van der Waals surface area contributed by atoms with Gasteiger partial charge in [0.2, 0.25) is 0 Å². The number of sulfone groups is 1. The Morgan fingerprint density at radius 1 is 1.03 bits per heavy atom. The zero-order valence-corrected chi connectivity index (χ0v) is 19.4. The topological polar surface area (TPSA) is 69.7 Å². The first-order chi connectivity index (χ1) is 15.7. The fraction of sp³-hybridized carbons (Fsp3) is 0.192. The number of allylic oxidation sites excluding steroid dienone is 1. The Kier molecular flexibility index (Phi) is 7.66. The predicted molar refractivity (Wildman–Crippen MR) is 124 cm³/mol. The van der Waals surface area contributed by atoms with E-state index in [1.54, 1.807) is 49.4 Å². The van der Waals surface area contributed by atoms with Gasteiger partial charge < -0.3 is 9.47 Å². The van der Waals surface area contributed by atoms with Gasteiger partial charge in [0.05, 0.1) is 17.6 Å². The second-order valence-corrected chi connectivity index (χ2v) is 9.47. The van der Waals surface area contributed by atoms with E-state index in [0.29, 0.717) is 5.56 Å². The summed E-state index contributed by atoms with van der Waals surface area (Å²) in [6.07, 6.45) is 1.16. The van der Waals surface area contributed by atoms with Gasteiger partial charge in [-0.2, -0.15) is 0 Å². The van der Waals surface area contributed by atoms with E-state index in [1.807, 2.05) is 6.92 Å². The van der Waals surface area contributed by atoms with Crippen LogP contribution in [-0.2, 0) is 19.4 Å². The molecule has 0 aliphatic carbocycles. The molecule has 0 amide bonds. The van der Waals surface area contributed by atoms with Crippen LogP contribution < -0.4 is 4.74 Å². The van der Waals surface area contributed by atoms with Crippen LogP contribution in [0.4, 0.5) is 4.39 Å². The second kappa shape index (κ2) is 10.4. The van der Waals surface area contributed by atoms with Crippen molar-refractivity contribution in [1.29, 1.82) is 0 Å². The molecule has 0 aromatic heterocycles. The van der Waals surface area contributed by atoms with Crippen molar-refractivity contribution in [3.05, 3.63) is 107 Å². The maximum Gasteiger partial charge on any atom is 0.334 e. The van der Waals surface area contributed by atoms with Crippen molar-refractivity contribution in [2.75, 3.05) is 6.61 Å². The van der Waals surface area contributed by atoms with Crippen LogP contribution in [0.5, 0.6) is 5.75 Å². The van der Waals surface area contributed by atoms with Crippen LogP contribution in [0.25, 0.3) is 0 Å². The normalized spacial score (nSPS) is 12.8. The van der Waals surface area contributed by atoms with E-state index in [1.165, 1.54) is 31.2 Å². The lowest BCUT2D eigenvalue weighted by molar-refractivity contribution is -0.137. The smallest absolute Gasteiger partial charge is 0.334 e. The summed E-state index contributed by atoms with van der Waals surface area (Å²) in [4.78, 5) is 11.9. The molecule has 0 fully saturated rings. The molecule has 1 atom stereocenters. The van der Waals surface area contributed by atoms with Gasteiger partial charge in [-0.05, 0) is 56.7 Å². The largest absolute Gasteiger partial charge is 0.463 e. The van der Waals surface area contributed by atoms with Gasteiger partial charge in [0.1, 0.15) is 22.6 Å². The Labute approximate surface area is 193 Å². The second-order valence-electron chi connectivity index (χ2n) is 7.44. The van der Waals surface area contributed by atoms with Crippen molar-refractivity contribution in [1.82, 2.24) is 0 Å². The van der Waals surface area contributed by atoms with E-state index < -0.39 is 26.9 Å². The van der Waals surface area contributed by atoms with Crippen LogP contribution in [0.2, 0.25) is 0 Å². The van der Waals surface area contributed by atoms with E-state index in [4.69, 9.17) is 9.47 Å². The molecule has 0 radical (unpaired) electrons. The van der Waals surface area contributed by atoms with Gasteiger partial charge >= 0.3 is 5.97 Å². The van der Waals surface area contributed by atoms with Crippen LogP contribution in [0.3, 0.4) is 0 Å². The summed E-state index contributed by atoms with van der Waals surface area (Å²) in [5.41, 5.74) is 1.50. The van der Waals surface area contributed by atoms with Crippen molar-refractivity contribution in [3.8, 4) is 5.75 Å². The van der Waals surface area contributed by atoms with Gasteiger partial charge in [-0.25, -0.2) is 17.6 Å². The highest BCUT2D eigenvalue weighted by Gasteiger charge is 2.33. The Hall–Kier alpha value is -3.45. The number of rotatable bonds is 8. The van der Waals surface area contributed by atoms with Crippen LogP contribution in [0.1, 0.15) is 35.8 Å². The molecule has 5 nitrogen and oxygen atoms in total. The Balaban J connectivity index is 2.16. The molecular formula is C26H25FO5S. The minimum atomic E-state index is -3.99.